The van der Waals surface area contributed by atoms with Crippen LogP contribution in [-0.4, -0.2) is 36.8 Å². The minimum Gasteiger partial charge on any atom is -0.377 e. The van der Waals surface area contributed by atoms with Crippen LogP contribution in [0.4, 0.5) is 5.82 Å². The maximum absolute atomic E-state index is 5.17. The SMILES string of the molecule is CCc1cc(NC2CCCn3nc(COC)nc32)nc(-c2ccncc2)n1. The molecule has 1 aliphatic rings. The van der Waals surface area contributed by atoms with E-state index in [2.05, 4.69) is 32.3 Å². The highest BCUT2D eigenvalue weighted by atomic mass is 16.5. The molecule has 1 aliphatic heterocycles. The number of pyridine rings is 1. The fourth-order valence-corrected chi connectivity index (χ4v) is 3.29. The van der Waals surface area contributed by atoms with Crippen LogP contribution in [0.3, 0.4) is 0 Å². The van der Waals surface area contributed by atoms with Gasteiger partial charge in [0.25, 0.3) is 0 Å². The van der Waals surface area contributed by atoms with E-state index in [1.807, 2.05) is 22.9 Å². The maximum atomic E-state index is 5.17. The fraction of sp³-hybridized carbons (Fsp3) is 0.421. The highest BCUT2D eigenvalue weighted by Gasteiger charge is 2.25. The van der Waals surface area contributed by atoms with Gasteiger partial charge in [-0.2, -0.15) is 5.10 Å². The van der Waals surface area contributed by atoms with E-state index >= 15 is 0 Å². The molecule has 0 saturated carbocycles. The number of fused-ring (bicyclic) bond motifs is 1. The van der Waals surface area contributed by atoms with Crippen molar-refractivity contribution in [3.63, 3.8) is 0 Å². The Morgan fingerprint density at radius 2 is 2.07 bits per heavy atom. The molecule has 27 heavy (non-hydrogen) atoms. The van der Waals surface area contributed by atoms with Crippen LogP contribution in [0.5, 0.6) is 0 Å². The van der Waals surface area contributed by atoms with Gasteiger partial charge in [-0.3, -0.25) is 4.98 Å². The lowest BCUT2D eigenvalue weighted by Gasteiger charge is -2.23. The molecule has 140 valence electrons. The molecule has 1 atom stereocenters. The highest BCUT2D eigenvalue weighted by molar-refractivity contribution is 5.57. The van der Waals surface area contributed by atoms with Crippen LogP contribution in [-0.2, 0) is 24.3 Å². The molecule has 0 bridgehead atoms. The molecule has 3 aromatic heterocycles. The van der Waals surface area contributed by atoms with Gasteiger partial charge in [0.2, 0.25) is 0 Å². The number of ether oxygens (including phenoxy) is 1. The zero-order chi connectivity index (χ0) is 18.6. The van der Waals surface area contributed by atoms with E-state index in [0.717, 1.165) is 54.5 Å². The van der Waals surface area contributed by atoms with Crippen molar-refractivity contribution in [3.05, 3.63) is 47.9 Å². The normalized spacial score (nSPS) is 16.1. The van der Waals surface area contributed by atoms with Gasteiger partial charge in [0.1, 0.15) is 18.2 Å². The fourth-order valence-electron chi connectivity index (χ4n) is 3.29. The Bertz CT molecular complexity index is 910. The van der Waals surface area contributed by atoms with Gasteiger partial charge in [-0.05, 0) is 31.4 Å². The summed E-state index contributed by atoms with van der Waals surface area (Å²) in [7, 11) is 1.66. The molecule has 0 radical (unpaired) electrons. The Balaban J connectivity index is 1.63. The lowest BCUT2D eigenvalue weighted by molar-refractivity contribution is 0.177. The number of rotatable bonds is 6. The van der Waals surface area contributed by atoms with Crippen LogP contribution in [0.15, 0.2) is 30.6 Å². The van der Waals surface area contributed by atoms with Crippen molar-refractivity contribution in [1.29, 1.82) is 0 Å². The van der Waals surface area contributed by atoms with Crippen molar-refractivity contribution in [2.75, 3.05) is 12.4 Å². The number of methoxy groups -OCH3 is 1. The Morgan fingerprint density at radius 1 is 1.22 bits per heavy atom. The first-order valence-corrected chi connectivity index (χ1v) is 9.24. The molecule has 0 aliphatic carbocycles. The summed E-state index contributed by atoms with van der Waals surface area (Å²) in [6, 6.07) is 5.93. The maximum Gasteiger partial charge on any atom is 0.176 e. The first-order chi connectivity index (χ1) is 13.3. The summed E-state index contributed by atoms with van der Waals surface area (Å²) in [6.45, 7) is 3.40. The second kappa shape index (κ2) is 7.79. The summed E-state index contributed by atoms with van der Waals surface area (Å²) in [4.78, 5) is 18.1. The molecule has 8 nitrogen and oxygen atoms in total. The molecular formula is C19H23N7O. The molecule has 0 saturated heterocycles. The van der Waals surface area contributed by atoms with E-state index in [-0.39, 0.29) is 6.04 Å². The van der Waals surface area contributed by atoms with E-state index in [1.165, 1.54) is 0 Å². The molecule has 3 aromatic rings. The molecular weight excluding hydrogens is 342 g/mol. The van der Waals surface area contributed by atoms with Gasteiger partial charge in [-0.15, -0.1) is 0 Å². The predicted octanol–water partition coefficient (Wildman–Crippen LogP) is 2.79. The standard InChI is InChI=1S/C19H23N7O/c1-3-14-11-16(23-18(21-14)13-6-8-20-9-7-13)22-15-5-4-10-26-19(15)24-17(25-26)12-27-2/h6-9,11,15H,3-5,10,12H2,1-2H3,(H,21,22,23). The third-order valence-electron chi connectivity index (χ3n) is 4.59. The van der Waals surface area contributed by atoms with E-state index < -0.39 is 0 Å². The zero-order valence-electron chi connectivity index (χ0n) is 15.6. The van der Waals surface area contributed by atoms with Crippen molar-refractivity contribution in [3.8, 4) is 11.4 Å². The molecule has 4 heterocycles. The number of nitrogens with zero attached hydrogens (tertiary/aromatic N) is 6. The van der Waals surface area contributed by atoms with Crippen LogP contribution < -0.4 is 5.32 Å². The first kappa shape index (κ1) is 17.5. The lowest BCUT2D eigenvalue weighted by atomic mass is 10.1. The predicted molar refractivity (Wildman–Crippen MR) is 101 cm³/mol. The average Bonchev–Trinajstić information content (AvgIpc) is 3.12. The molecule has 4 rings (SSSR count). The smallest absolute Gasteiger partial charge is 0.176 e. The van der Waals surface area contributed by atoms with Crippen molar-refractivity contribution in [1.82, 2.24) is 29.7 Å². The first-order valence-electron chi connectivity index (χ1n) is 9.24. The summed E-state index contributed by atoms with van der Waals surface area (Å²) in [5.74, 6) is 3.17. The van der Waals surface area contributed by atoms with Gasteiger partial charge in [0.15, 0.2) is 11.6 Å². The monoisotopic (exact) mass is 365 g/mol. The summed E-state index contributed by atoms with van der Waals surface area (Å²) in [5, 5.41) is 8.08. The summed E-state index contributed by atoms with van der Waals surface area (Å²) < 4.78 is 7.14. The second-order valence-corrected chi connectivity index (χ2v) is 6.54. The Kier molecular flexibility index (Phi) is 5.06. The lowest BCUT2D eigenvalue weighted by Crippen LogP contribution is -2.23. The molecule has 1 unspecified atom stereocenters. The highest BCUT2D eigenvalue weighted by Crippen LogP contribution is 2.28. The Morgan fingerprint density at radius 3 is 2.85 bits per heavy atom. The zero-order valence-corrected chi connectivity index (χ0v) is 15.6. The van der Waals surface area contributed by atoms with Gasteiger partial charge >= 0.3 is 0 Å². The van der Waals surface area contributed by atoms with E-state index in [4.69, 9.17) is 9.72 Å². The van der Waals surface area contributed by atoms with Gasteiger partial charge in [-0.1, -0.05) is 6.92 Å². The van der Waals surface area contributed by atoms with Crippen molar-refractivity contribution in [2.24, 2.45) is 0 Å². The number of nitrogens with one attached hydrogen (secondary N) is 1. The summed E-state index contributed by atoms with van der Waals surface area (Å²) in [5.41, 5.74) is 1.95. The van der Waals surface area contributed by atoms with Crippen LogP contribution in [0.25, 0.3) is 11.4 Å². The van der Waals surface area contributed by atoms with Crippen LogP contribution in [0.2, 0.25) is 0 Å². The number of anilines is 1. The summed E-state index contributed by atoms with van der Waals surface area (Å²) in [6.07, 6.45) is 6.38. The van der Waals surface area contributed by atoms with Gasteiger partial charge < -0.3 is 10.1 Å². The number of aryl methyl sites for hydroxylation is 2. The third-order valence-corrected chi connectivity index (χ3v) is 4.59. The number of aromatic nitrogens is 6. The minimum absolute atomic E-state index is 0.0711. The molecule has 0 fully saturated rings. The molecule has 0 aromatic carbocycles. The van der Waals surface area contributed by atoms with Crippen molar-refractivity contribution in [2.45, 2.75) is 45.4 Å². The third kappa shape index (κ3) is 3.80. The van der Waals surface area contributed by atoms with Crippen LogP contribution in [0.1, 0.15) is 43.1 Å². The number of hydrogen-bond donors (Lipinski definition) is 1. The second-order valence-electron chi connectivity index (χ2n) is 6.54. The topological polar surface area (TPSA) is 90.6 Å². The minimum atomic E-state index is 0.0711. The quantitative estimate of drug-likeness (QED) is 0.718. The molecule has 1 N–H and O–H groups in total. The van der Waals surface area contributed by atoms with E-state index in [0.29, 0.717) is 12.4 Å². The average molecular weight is 365 g/mol. The molecule has 8 heteroatoms. The van der Waals surface area contributed by atoms with E-state index in [9.17, 15) is 0 Å². The Hall–Kier alpha value is -2.87. The largest absolute Gasteiger partial charge is 0.377 e. The van der Waals surface area contributed by atoms with E-state index in [1.54, 1.807) is 19.5 Å². The van der Waals surface area contributed by atoms with Gasteiger partial charge in [0.05, 0.1) is 6.04 Å². The Labute approximate surface area is 158 Å². The number of hydrogen-bond acceptors (Lipinski definition) is 7. The van der Waals surface area contributed by atoms with Crippen molar-refractivity contribution >= 4 is 5.82 Å². The molecule has 0 spiro atoms. The van der Waals surface area contributed by atoms with Gasteiger partial charge in [-0.25, -0.2) is 19.6 Å². The van der Waals surface area contributed by atoms with Crippen molar-refractivity contribution < 1.29 is 4.74 Å². The van der Waals surface area contributed by atoms with Crippen LogP contribution in [0, 0.1) is 0 Å². The molecule has 0 amide bonds. The summed E-state index contributed by atoms with van der Waals surface area (Å²) >= 11 is 0. The van der Waals surface area contributed by atoms with Gasteiger partial charge in [0, 0.05) is 43.4 Å². The van der Waals surface area contributed by atoms with Crippen LogP contribution >= 0.6 is 0 Å².